The minimum Gasteiger partial charge on any atom is -0.442 e. The number of allylic oxidation sites excluding steroid dienone is 2. The molecule has 4 rings (SSSR count). The minimum absolute atomic E-state index is 0.0497. The third-order valence-corrected chi connectivity index (χ3v) is 5.70. The number of anilines is 1. The summed E-state index contributed by atoms with van der Waals surface area (Å²) in [6.45, 7) is 4.06. The molecule has 1 aliphatic heterocycles. The summed E-state index contributed by atoms with van der Waals surface area (Å²) < 4.78 is 5.35. The van der Waals surface area contributed by atoms with Crippen LogP contribution < -0.4 is 10.2 Å². The Balaban J connectivity index is 1.58. The molecule has 7 nitrogen and oxygen atoms in total. The average Bonchev–Trinajstić information content (AvgIpc) is 3.35. The highest BCUT2D eigenvalue weighted by Crippen LogP contribution is 2.32. The number of carbonyl (C=O) groups excluding carboxylic acids is 3. The Morgan fingerprint density at radius 3 is 2.80 bits per heavy atom. The van der Waals surface area contributed by atoms with Crippen molar-refractivity contribution in [2.45, 2.75) is 39.2 Å². The van der Waals surface area contributed by atoms with E-state index in [2.05, 4.69) is 10.3 Å². The molecule has 0 bridgehead atoms. The molecule has 2 heterocycles. The minimum atomic E-state index is -0.437. The van der Waals surface area contributed by atoms with E-state index in [1.165, 1.54) is 6.92 Å². The molecule has 2 aliphatic rings. The molecule has 1 aromatic carbocycles. The number of nitrogens with one attached hydrogen (secondary N) is 2. The maximum Gasteiger partial charge on any atom is 0.414 e. The van der Waals surface area contributed by atoms with Crippen molar-refractivity contribution in [1.29, 1.82) is 0 Å². The van der Waals surface area contributed by atoms with Gasteiger partial charge in [0.25, 0.3) is 0 Å². The Kier molecular flexibility index (Phi) is 5.44. The molecule has 1 atom stereocenters. The Labute approximate surface area is 175 Å². The fourth-order valence-corrected chi connectivity index (χ4v) is 4.09. The van der Waals surface area contributed by atoms with E-state index < -0.39 is 6.09 Å². The molecule has 7 heteroatoms. The number of rotatable bonds is 4. The number of nitrogens with zero attached hydrogens (tertiary/aromatic N) is 1. The fourth-order valence-electron chi connectivity index (χ4n) is 4.09. The van der Waals surface area contributed by atoms with Gasteiger partial charge in [-0.1, -0.05) is 0 Å². The number of ketones is 1. The number of hydrogen-bond donors (Lipinski definition) is 2. The third kappa shape index (κ3) is 3.87. The van der Waals surface area contributed by atoms with Crippen LogP contribution in [0.1, 0.15) is 48.3 Å². The van der Waals surface area contributed by atoms with Gasteiger partial charge in [-0.2, -0.15) is 0 Å². The largest absolute Gasteiger partial charge is 0.442 e. The third-order valence-electron chi connectivity index (χ3n) is 5.70. The number of ether oxygens (including phenoxy) is 1. The zero-order valence-electron chi connectivity index (χ0n) is 17.2. The lowest BCUT2D eigenvalue weighted by molar-refractivity contribution is -0.119. The van der Waals surface area contributed by atoms with Crippen LogP contribution in [0.4, 0.5) is 10.5 Å². The number of carbonyl (C=O) groups is 3. The highest BCUT2D eigenvalue weighted by Gasteiger charge is 2.33. The fraction of sp³-hybridized carbons (Fsp3) is 0.348. The van der Waals surface area contributed by atoms with Crippen LogP contribution >= 0.6 is 0 Å². The highest BCUT2D eigenvalue weighted by atomic mass is 16.6. The Morgan fingerprint density at radius 2 is 2.07 bits per heavy atom. The second kappa shape index (κ2) is 8.18. The molecule has 2 N–H and O–H groups in total. The Hall–Kier alpha value is -3.35. The second-order valence-corrected chi connectivity index (χ2v) is 7.76. The highest BCUT2D eigenvalue weighted by molar-refractivity contribution is 6.14. The lowest BCUT2D eigenvalue weighted by Gasteiger charge is -2.16. The van der Waals surface area contributed by atoms with Crippen LogP contribution in [0.15, 0.2) is 42.1 Å². The molecule has 0 spiro atoms. The molecule has 2 aromatic rings. The summed E-state index contributed by atoms with van der Waals surface area (Å²) in [4.78, 5) is 41.4. The quantitative estimate of drug-likeness (QED) is 0.600. The van der Waals surface area contributed by atoms with Crippen LogP contribution in [0.25, 0.3) is 5.57 Å². The van der Waals surface area contributed by atoms with E-state index in [-0.39, 0.29) is 24.3 Å². The number of amides is 2. The van der Waals surface area contributed by atoms with E-state index >= 15 is 0 Å². The molecule has 1 saturated heterocycles. The summed E-state index contributed by atoms with van der Waals surface area (Å²) in [6, 6.07) is 9.43. The number of cyclic esters (lactones) is 1. The van der Waals surface area contributed by atoms with Crippen LogP contribution in [-0.4, -0.2) is 42.0 Å². The molecular formula is C23H25N3O4. The van der Waals surface area contributed by atoms with Gasteiger partial charge in [0.2, 0.25) is 5.91 Å². The predicted molar refractivity (Wildman–Crippen MR) is 113 cm³/mol. The molecule has 156 valence electrons. The van der Waals surface area contributed by atoms with Gasteiger partial charge in [0.1, 0.15) is 6.10 Å². The molecule has 1 aliphatic carbocycles. The first-order valence-corrected chi connectivity index (χ1v) is 10.2. The van der Waals surface area contributed by atoms with Gasteiger partial charge in [-0.25, -0.2) is 4.79 Å². The van der Waals surface area contributed by atoms with E-state index in [4.69, 9.17) is 4.74 Å². The second-order valence-electron chi connectivity index (χ2n) is 7.76. The summed E-state index contributed by atoms with van der Waals surface area (Å²) in [6.07, 6.45) is 3.39. The first kappa shape index (κ1) is 19.9. The molecule has 0 saturated carbocycles. The van der Waals surface area contributed by atoms with Crippen molar-refractivity contribution in [1.82, 2.24) is 10.3 Å². The predicted octanol–water partition coefficient (Wildman–Crippen LogP) is 3.47. The molecular weight excluding hydrogens is 382 g/mol. The number of aromatic amines is 1. The van der Waals surface area contributed by atoms with Crippen molar-refractivity contribution in [3.63, 3.8) is 0 Å². The van der Waals surface area contributed by atoms with E-state index in [0.717, 1.165) is 41.7 Å². The monoisotopic (exact) mass is 407 g/mol. The average molecular weight is 407 g/mol. The number of fused-ring (bicyclic) bond motifs is 1. The summed E-state index contributed by atoms with van der Waals surface area (Å²) >= 11 is 0. The van der Waals surface area contributed by atoms with Crippen LogP contribution in [0.5, 0.6) is 0 Å². The van der Waals surface area contributed by atoms with E-state index in [1.54, 1.807) is 11.0 Å². The number of Topliss-reactive ketones (excluding diaryl/α,β-unsaturated/α-hetero) is 1. The van der Waals surface area contributed by atoms with Crippen molar-refractivity contribution in [3.8, 4) is 0 Å². The maximum absolute atomic E-state index is 13.3. The van der Waals surface area contributed by atoms with Gasteiger partial charge >= 0.3 is 6.09 Å². The lowest BCUT2D eigenvalue weighted by atomic mass is 9.95. The van der Waals surface area contributed by atoms with Crippen molar-refractivity contribution in [3.05, 3.63) is 58.9 Å². The molecule has 0 radical (unpaired) electrons. The van der Waals surface area contributed by atoms with Gasteiger partial charge in [-0.15, -0.1) is 0 Å². The van der Waals surface area contributed by atoms with Gasteiger partial charge in [-0.05, 0) is 67.7 Å². The van der Waals surface area contributed by atoms with Crippen molar-refractivity contribution < 1.29 is 19.1 Å². The standard InChI is InChI=1S/C23H25N3O4/c1-14(21-7-4-10-24-21)19-6-3-5-16-11-17(8-9-20(16)22(19)28)26-13-18(30-23(26)29)12-25-15(2)27/h4,7-11,18,24H,3,5-6,12-13H2,1-2H3,(H,25,27)/t18-/m0/s1. The number of H-pyrrole nitrogens is 1. The van der Waals surface area contributed by atoms with Gasteiger partial charge < -0.3 is 15.0 Å². The zero-order valence-corrected chi connectivity index (χ0v) is 17.2. The molecule has 1 aromatic heterocycles. The molecule has 30 heavy (non-hydrogen) atoms. The van der Waals surface area contributed by atoms with Crippen molar-refractivity contribution >= 4 is 29.0 Å². The normalized spacial score (nSPS) is 20.5. The van der Waals surface area contributed by atoms with Gasteiger partial charge in [0, 0.05) is 35.6 Å². The topological polar surface area (TPSA) is 91.5 Å². The summed E-state index contributed by atoms with van der Waals surface area (Å²) in [5.41, 5.74) is 5.13. The summed E-state index contributed by atoms with van der Waals surface area (Å²) in [5.74, 6) is -0.111. The maximum atomic E-state index is 13.3. The molecule has 2 amide bonds. The van der Waals surface area contributed by atoms with Gasteiger partial charge in [0.05, 0.1) is 13.1 Å². The Bertz CT molecular complexity index is 1020. The van der Waals surface area contributed by atoms with Crippen LogP contribution in [0.2, 0.25) is 0 Å². The van der Waals surface area contributed by atoms with Crippen LogP contribution in [0, 0.1) is 0 Å². The Morgan fingerprint density at radius 1 is 1.23 bits per heavy atom. The van der Waals surface area contributed by atoms with Crippen LogP contribution in [0.3, 0.4) is 0 Å². The zero-order chi connectivity index (χ0) is 21.3. The van der Waals surface area contributed by atoms with Gasteiger partial charge in [0.15, 0.2) is 5.78 Å². The first-order valence-electron chi connectivity index (χ1n) is 10.2. The van der Waals surface area contributed by atoms with E-state index in [0.29, 0.717) is 17.8 Å². The smallest absolute Gasteiger partial charge is 0.414 e. The van der Waals surface area contributed by atoms with E-state index in [9.17, 15) is 14.4 Å². The number of aryl methyl sites for hydroxylation is 1. The summed E-state index contributed by atoms with van der Waals surface area (Å²) in [5, 5.41) is 2.68. The first-order chi connectivity index (χ1) is 14.4. The van der Waals surface area contributed by atoms with Crippen molar-refractivity contribution in [2.75, 3.05) is 18.0 Å². The van der Waals surface area contributed by atoms with Crippen LogP contribution in [-0.2, 0) is 16.0 Å². The SMILES string of the molecule is CC(=O)NC[C@H]1CN(c2ccc3c(c2)CCCC(=C(C)c2ccc[nH]2)C3=O)C(=O)O1. The number of hydrogen-bond acceptors (Lipinski definition) is 4. The number of aromatic nitrogens is 1. The molecule has 0 unspecified atom stereocenters. The number of benzene rings is 1. The molecule has 1 fully saturated rings. The van der Waals surface area contributed by atoms with Gasteiger partial charge in [-0.3, -0.25) is 14.5 Å². The summed E-state index contributed by atoms with van der Waals surface area (Å²) in [7, 11) is 0. The van der Waals surface area contributed by atoms with Crippen molar-refractivity contribution in [2.24, 2.45) is 0 Å². The van der Waals surface area contributed by atoms with E-state index in [1.807, 2.05) is 37.4 Å². The lowest BCUT2D eigenvalue weighted by Crippen LogP contribution is -2.33.